The lowest BCUT2D eigenvalue weighted by Gasteiger charge is -2.26. The highest BCUT2D eigenvalue weighted by atomic mass is 79.9. The molecule has 15 heavy (non-hydrogen) atoms. The van der Waals surface area contributed by atoms with Gasteiger partial charge in [0.25, 0.3) is 0 Å². The van der Waals surface area contributed by atoms with Gasteiger partial charge in [-0.25, -0.2) is 4.39 Å². The van der Waals surface area contributed by atoms with Gasteiger partial charge in [-0.1, -0.05) is 6.08 Å². The summed E-state index contributed by atoms with van der Waals surface area (Å²) in [5.41, 5.74) is 0. The minimum absolute atomic E-state index is 0.295. The molecule has 0 saturated carbocycles. The van der Waals surface area contributed by atoms with Gasteiger partial charge >= 0.3 is 0 Å². The molecule has 0 amide bonds. The van der Waals surface area contributed by atoms with Crippen molar-refractivity contribution in [2.75, 3.05) is 20.3 Å². The van der Waals surface area contributed by atoms with Crippen molar-refractivity contribution in [3.05, 3.63) is 24.0 Å². The van der Waals surface area contributed by atoms with E-state index in [1.54, 1.807) is 13.2 Å². The molecule has 0 spiro atoms. The fraction of sp³-hybridized carbons (Fsp3) is 0.500. The molecule has 0 radical (unpaired) electrons. The summed E-state index contributed by atoms with van der Waals surface area (Å²) in [6.45, 7) is 0.692. The van der Waals surface area contributed by atoms with Crippen molar-refractivity contribution in [1.82, 2.24) is 0 Å². The molecule has 1 aliphatic carbocycles. The van der Waals surface area contributed by atoms with Crippen LogP contribution in [0.3, 0.4) is 0 Å². The summed E-state index contributed by atoms with van der Waals surface area (Å²) in [5, 5.41) is 0. The number of carbonyl (C=O) groups is 1. The van der Waals surface area contributed by atoms with Gasteiger partial charge in [0.15, 0.2) is 4.58 Å². The van der Waals surface area contributed by atoms with Crippen LogP contribution in [0.1, 0.15) is 0 Å². The number of ether oxygens (including phenoxy) is 2. The van der Waals surface area contributed by atoms with Crippen LogP contribution in [0.2, 0.25) is 0 Å². The van der Waals surface area contributed by atoms with E-state index in [0.29, 0.717) is 25.3 Å². The number of halogens is 2. The van der Waals surface area contributed by atoms with Crippen LogP contribution in [-0.2, 0) is 14.3 Å². The summed E-state index contributed by atoms with van der Waals surface area (Å²) in [4.78, 5) is 10.8. The summed E-state index contributed by atoms with van der Waals surface area (Å²) < 4.78 is 21.9. The maximum atomic E-state index is 13.7. The van der Waals surface area contributed by atoms with Gasteiger partial charge < -0.3 is 14.3 Å². The predicted octanol–water partition coefficient (Wildman–Crippen LogP) is 1.98. The first kappa shape index (κ1) is 12.4. The maximum absolute atomic E-state index is 13.7. The van der Waals surface area contributed by atoms with Crippen LogP contribution in [0.4, 0.5) is 4.39 Å². The minimum Gasteiger partial charge on any atom is -0.495 e. The Morgan fingerprint density at radius 2 is 2.40 bits per heavy atom. The van der Waals surface area contributed by atoms with Crippen LogP contribution in [0, 0.1) is 5.92 Å². The molecule has 1 aliphatic rings. The van der Waals surface area contributed by atoms with Gasteiger partial charge in [0.2, 0.25) is 0 Å². The lowest BCUT2D eigenvalue weighted by atomic mass is 9.98. The molecule has 0 aliphatic heterocycles. The highest BCUT2D eigenvalue weighted by Gasteiger charge is 2.39. The van der Waals surface area contributed by atoms with Gasteiger partial charge in [-0.15, -0.1) is 0 Å². The molecule has 0 heterocycles. The SMILES string of the molecule is COCCOC1=CC=CC(F)(Br)C1C=O. The van der Waals surface area contributed by atoms with Gasteiger partial charge in [-0.3, -0.25) is 0 Å². The summed E-state index contributed by atoms with van der Waals surface area (Å²) >= 11 is 2.83. The van der Waals surface area contributed by atoms with Gasteiger partial charge in [0.05, 0.1) is 6.61 Å². The largest absolute Gasteiger partial charge is 0.495 e. The molecule has 0 aromatic carbocycles. The van der Waals surface area contributed by atoms with E-state index in [1.165, 1.54) is 12.2 Å². The van der Waals surface area contributed by atoms with Crippen molar-refractivity contribution in [3.63, 3.8) is 0 Å². The number of hydrogen-bond acceptors (Lipinski definition) is 3. The average molecular weight is 279 g/mol. The Bertz CT molecular complexity index is 286. The molecule has 0 saturated heterocycles. The van der Waals surface area contributed by atoms with E-state index in [4.69, 9.17) is 9.47 Å². The molecule has 0 N–H and O–H groups in total. The van der Waals surface area contributed by atoms with Gasteiger partial charge in [-0.05, 0) is 28.1 Å². The number of alkyl halides is 2. The number of aldehydes is 1. The highest BCUT2D eigenvalue weighted by molar-refractivity contribution is 9.10. The zero-order valence-corrected chi connectivity index (χ0v) is 9.87. The molecule has 2 atom stereocenters. The van der Waals surface area contributed by atoms with Crippen molar-refractivity contribution in [2.45, 2.75) is 4.58 Å². The van der Waals surface area contributed by atoms with E-state index < -0.39 is 10.5 Å². The summed E-state index contributed by atoms with van der Waals surface area (Å²) in [6.07, 6.45) is 4.89. The average Bonchev–Trinajstić information content (AvgIpc) is 2.17. The second kappa shape index (κ2) is 5.42. The smallest absolute Gasteiger partial charge is 0.200 e. The fourth-order valence-corrected chi connectivity index (χ4v) is 1.69. The second-order valence-corrected chi connectivity index (χ2v) is 4.27. The standard InChI is InChI=1S/C10H12BrFO3/c1-14-5-6-15-9-3-2-4-10(11,12)8(9)7-13/h2-4,7-8H,5-6H2,1H3. The topological polar surface area (TPSA) is 35.5 Å². The van der Waals surface area contributed by atoms with Crippen LogP contribution >= 0.6 is 15.9 Å². The molecule has 5 heteroatoms. The van der Waals surface area contributed by atoms with E-state index in [2.05, 4.69) is 15.9 Å². The van der Waals surface area contributed by atoms with Gasteiger partial charge in [0, 0.05) is 7.11 Å². The zero-order valence-electron chi connectivity index (χ0n) is 8.28. The Morgan fingerprint density at radius 3 is 3.00 bits per heavy atom. The van der Waals surface area contributed by atoms with Crippen LogP contribution in [0.25, 0.3) is 0 Å². The third kappa shape index (κ3) is 3.14. The molecule has 0 fully saturated rings. The van der Waals surface area contributed by atoms with Crippen molar-refractivity contribution >= 4 is 22.2 Å². The molecule has 0 bridgehead atoms. The predicted molar refractivity (Wildman–Crippen MR) is 57.4 cm³/mol. The molecule has 1 rings (SSSR count). The Labute approximate surface area is 96.1 Å². The maximum Gasteiger partial charge on any atom is 0.200 e. The van der Waals surface area contributed by atoms with E-state index in [0.717, 1.165) is 0 Å². The Kier molecular flexibility index (Phi) is 4.47. The highest BCUT2D eigenvalue weighted by Crippen LogP contribution is 2.37. The molecular formula is C10H12BrFO3. The van der Waals surface area contributed by atoms with Crippen LogP contribution in [-0.4, -0.2) is 31.2 Å². The number of allylic oxidation sites excluding steroid dienone is 4. The van der Waals surface area contributed by atoms with E-state index in [1.807, 2.05) is 0 Å². The van der Waals surface area contributed by atoms with Crippen LogP contribution in [0.5, 0.6) is 0 Å². The summed E-state index contributed by atoms with van der Waals surface area (Å²) in [6, 6.07) is 0. The number of hydrogen-bond donors (Lipinski definition) is 0. The first-order valence-corrected chi connectivity index (χ1v) is 5.25. The van der Waals surface area contributed by atoms with Crippen molar-refractivity contribution < 1.29 is 18.7 Å². The van der Waals surface area contributed by atoms with E-state index in [-0.39, 0.29) is 0 Å². The molecule has 0 aromatic heterocycles. The monoisotopic (exact) mass is 278 g/mol. The molecular weight excluding hydrogens is 267 g/mol. The quantitative estimate of drug-likeness (QED) is 0.438. The Balaban J connectivity index is 2.65. The zero-order chi connectivity index (χ0) is 11.3. The Morgan fingerprint density at radius 1 is 1.67 bits per heavy atom. The van der Waals surface area contributed by atoms with E-state index in [9.17, 15) is 9.18 Å². The molecule has 3 nitrogen and oxygen atoms in total. The first-order valence-electron chi connectivity index (χ1n) is 4.46. The van der Waals surface area contributed by atoms with Crippen molar-refractivity contribution in [3.8, 4) is 0 Å². The molecule has 0 aromatic rings. The lowest BCUT2D eigenvalue weighted by Crippen LogP contribution is -2.30. The normalized spacial score (nSPS) is 29.8. The lowest BCUT2D eigenvalue weighted by molar-refractivity contribution is -0.112. The summed E-state index contributed by atoms with van der Waals surface area (Å²) in [7, 11) is 1.54. The third-order valence-corrected chi connectivity index (χ3v) is 2.75. The van der Waals surface area contributed by atoms with Crippen molar-refractivity contribution in [2.24, 2.45) is 5.92 Å². The van der Waals surface area contributed by atoms with Crippen LogP contribution in [0.15, 0.2) is 24.0 Å². The summed E-state index contributed by atoms with van der Waals surface area (Å²) in [5.74, 6) is -0.636. The first-order chi connectivity index (χ1) is 7.11. The fourth-order valence-electron chi connectivity index (χ4n) is 1.21. The third-order valence-electron chi connectivity index (χ3n) is 1.99. The molecule has 2 unspecified atom stereocenters. The Hall–Kier alpha value is -0.680. The number of rotatable bonds is 5. The van der Waals surface area contributed by atoms with E-state index >= 15 is 0 Å². The van der Waals surface area contributed by atoms with Gasteiger partial charge in [0.1, 0.15) is 24.6 Å². The number of methoxy groups -OCH3 is 1. The minimum atomic E-state index is -1.86. The van der Waals surface area contributed by atoms with Crippen molar-refractivity contribution in [1.29, 1.82) is 0 Å². The number of carbonyl (C=O) groups excluding carboxylic acids is 1. The second-order valence-electron chi connectivity index (χ2n) is 3.06. The van der Waals surface area contributed by atoms with Crippen LogP contribution < -0.4 is 0 Å². The molecule has 84 valence electrons. The van der Waals surface area contributed by atoms with Gasteiger partial charge in [-0.2, -0.15) is 0 Å².